The van der Waals surface area contributed by atoms with Gasteiger partial charge in [-0.25, -0.2) is 4.98 Å². The maximum absolute atomic E-state index is 12.8. The molecule has 1 saturated heterocycles. The van der Waals surface area contributed by atoms with E-state index in [0.717, 1.165) is 18.8 Å². The van der Waals surface area contributed by atoms with Crippen molar-refractivity contribution in [2.75, 3.05) is 36.4 Å². The molecule has 1 aromatic carbocycles. The van der Waals surface area contributed by atoms with E-state index in [1.54, 1.807) is 18.3 Å². The molecule has 3 rings (SSSR count). The summed E-state index contributed by atoms with van der Waals surface area (Å²) in [6.45, 7) is 8.41. The van der Waals surface area contributed by atoms with Crippen molar-refractivity contribution in [3.8, 4) is 0 Å². The number of amides is 2. The summed E-state index contributed by atoms with van der Waals surface area (Å²) < 4.78 is 0. The zero-order chi connectivity index (χ0) is 21.0. The Balaban J connectivity index is 1.63. The molecule has 2 amide bonds. The summed E-state index contributed by atoms with van der Waals surface area (Å²) in [6.07, 6.45) is 2.52. The molecule has 0 aliphatic carbocycles. The van der Waals surface area contributed by atoms with Gasteiger partial charge in [0.2, 0.25) is 5.91 Å². The van der Waals surface area contributed by atoms with Crippen molar-refractivity contribution in [2.24, 2.45) is 5.41 Å². The molecule has 0 spiro atoms. The van der Waals surface area contributed by atoms with Crippen LogP contribution in [0.4, 0.5) is 11.5 Å². The predicted molar refractivity (Wildman–Crippen MR) is 117 cm³/mol. The highest BCUT2D eigenvalue weighted by atomic mass is 35.5. The number of rotatable bonds is 3. The van der Waals surface area contributed by atoms with Crippen molar-refractivity contribution in [2.45, 2.75) is 27.2 Å². The van der Waals surface area contributed by atoms with Crippen LogP contribution in [0, 0.1) is 5.41 Å². The lowest BCUT2D eigenvalue weighted by Crippen LogP contribution is -2.35. The molecular weight excluding hydrogens is 388 g/mol. The van der Waals surface area contributed by atoms with Gasteiger partial charge in [-0.1, -0.05) is 44.5 Å². The number of nitrogens with zero attached hydrogens (tertiary/aromatic N) is 3. The third-order valence-corrected chi connectivity index (χ3v) is 5.23. The van der Waals surface area contributed by atoms with E-state index in [9.17, 15) is 9.59 Å². The molecule has 2 aromatic rings. The highest BCUT2D eigenvalue weighted by molar-refractivity contribution is 6.33. The van der Waals surface area contributed by atoms with E-state index in [2.05, 4.69) is 15.2 Å². The number of benzene rings is 1. The molecule has 7 heteroatoms. The van der Waals surface area contributed by atoms with Crippen LogP contribution in [0.1, 0.15) is 37.6 Å². The first-order chi connectivity index (χ1) is 13.8. The predicted octanol–water partition coefficient (Wildman–Crippen LogP) is 4.07. The summed E-state index contributed by atoms with van der Waals surface area (Å²) in [7, 11) is 0. The minimum absolute atomic E-state index is 0.0364. The number of pyridine rings is 1. The number of hydrogen-bond acceptors (Lipinski definition) is 4. The van der Waals surface area contributed by atoms with Gasteiger partial charge >= 0.3 is 0 Å². The second-order valence-corrected chi connectivity index (χ2v) is 8.63. The van der Waals surface area contributed by atoms with Gasteiger partial charge in [-0.3, -0.25) is 9.59 Å². The highest BCUT2D eigenvalue weighted by Gasteiger charge is 2.23. The fraction of sp³-hybridized carbons (Fsp3) is 0.409. The molecule has 6 nitrogen and oxygen atoms in total. The highest BCUT2D eigenvalue weighted by Crippen LogP contribution is 2.21. The summed E-state index contributed by atoms with van der Waals surface area (Å²) in [5.41, 5.74) is 0.764. The van der Waals surface area contributed by atoms with Crippen molar-refractivity contribution in [3.05, 3.63) is 53.2 Å². The molecule has 0 bridgehead atoms. The van der Waals surface area contributed by atoms with Gasteiger partial charge in [0.05, 0.1) is 22.5 Å². The lowest BCUT2D eigenvalue weighted by molar-refractivity contribution is -0.123. The Morgan fingerprint density at radius 3 is 2.45 bits per heavy atom. The van der Waals surface area contributed by atoms with Gasteiger partial charge in [-0.2, -0.15) is 0 Å². The number of nitrogens with one attached hydrogen (secondary N) is 1. The lowest BCUT2D eigenvalue weighted by atomic mass is 9.96. The SMILES string of the molecule is CC(C)(C)C(=O)Nc1ccc(N2CCCN(C(=O)c3ccccc3Cl)CC2)nc1. The monoisotopic (exact) mass is 414 g/mol. The molecule has 0 atom stereocenters. The average molecular weight is 415 g/mol. The van der Waals surface area contributed by atoms with Crippen molar-refractivity contribution in [1.29, 1.82) is 0 Å². The third-order valence-electron chi connectivity index (χ3n) is 4.90. The summed E-state index contributed by atoms with van der Waals surface area (Å²) >= 11 is 6.18. The number of carbonyl (C=O) groups is 2. The van der Waals surface area contributed by atoms with E-state index < -0.39 is 5.41 Å². The molecule has 154 valence electrons. The van der Waals surface area contributed by atoms with Crippen molar-refractivity contribution >= 4 is 34.9 Å². The first-order valence-corrected chi connectivity index (χ1v) is 10.2. The number of hydrogen-bond donors (Lipinski definition) is 1. The van der Waals surface area contributed by atoms with Crippen LogP contribution in [0.25, 0.3) is 0 Å². The number of halogens is 1. The van der Waals surface area contributed by atoms with Crippen LogP contribution in [0.3, 0.4) is 0 Å². The zero-order valence-corrected chi connectivity index (χ0v) is 17.9. The van der Waals surface area contributed by atoms with E-state index in [4.69, 9.17) is 11.6 Å². The molecule has 1 fully saturated rings. The van der Waals surface area contributed by atoms with Gasteiger partial charge in [0.1, 0.15) is 5.82 Å². The Kier molecular flexibility index (Phi) is 6.42. The third kappa shape index (κ3) is 5.26. The quantitative estimate of drug-likeness (QED) is 0.822. The molecule has 1 aliphatic heterocycles. The van der Waals surface area contributed by atoms with Gasteiger partial charge < -0.3 is 15.1 Å². The van der Waals surface area contributed by atoms with Gasteiger partial charge in [0.15, 0.2) is 0 Å². The first-order valence-electron chi connectivity index (χ1n) is 9.82. The first kappa shape index (κ1) is 21.1. The van der Waals surface area contributed by atoms with Crippen molar-refractivity contribution in [3.63, 3.8) is 0 Å². The summed E-state index contributed by atoms with van der Waals surface area (Å²) in [6, 6.07) is 10.9. The van der Waals surface area contributed by atoms with Crippen LogP contribution in [0.2, 0.25) is 5.02 Å². The van der Waals surface area contributed by atoms with Crippen molar-refractivity contribution < 1.29 is 9.59 Å². The smallest absolute Gasteiger partial charge is 0.255 e. The maximum atomic E-state index is 12.8. The van der Waals surface area contributed by atoms with Gasteiger partial charge in [-0.15, -0.1) is 0 Å². The van der Waals surface area contributed by atoms with E-state index >= 15 is 0 Å². The zero-order valence-electron chi connectivity index (χ0n) is 17.1. The van der Waals surface area contributed by atoms with Crippen LogP contribution in [0.5, 0.6) is 0 Å². The maximum Gasteiger partial charge on any atom is 0.255 e. The summed E-state index contributed by atoms with van der Waals surface area (Å²) in [4.78, 5) is 33.4. The molecule has 0 radical (unpaired) electrons. The fourth-order valence-corrected chi connectivity index (χ4v) is 3.34. The fourth-order valence-electron chi connectivity index (χ4n) is 3.12. The van der Waals surface area contributed by atoms with E-state index in [1.165, 1.54) is 0 Å². The van der Waals surface area contributed by atoms with Gasteiger partial charge in [-0.05, 0) is 30.7 Å². The molecule has 1 aromatic heterocycles. The number of anilines is 2. The Bertz CT molecular complexity index is 877. The van der Waals surface area contributed by atoms with Crippen molar-refractivity contribution in [1.82, 2.24) is 9.88 Å². The van der Waals surface area contributed by atoms with Crippen LogP contribution < -0.4 is 10.2 Å². The Morgan fingerprint density at radius 1 is 1.03 bits per heavy atom. The van der Waals surface area contributed by atoms with E-state index in [1.807, 2.05) is 49.9 Å². The largest absolute Gasteiger partial charge is 0.355 e. The van der Waals surface area contributed by atoms with Crippen LogP contribution >= 0.6 is 11.6 Å². The molecule has 1 aliphatic rings. The normalized spacial score (nSPS) is 15.0. The van der Waals surface area contributed by atoms with Gasteiger partial charge in [0.25, 0.3) is 5.91 Å². The molecule has 1 N–H and O–H groups in total. The minimum Gasteiger partial charge on any atom is -0.355 e. The molecule has 2 heterocycles. The summed E-state index contributed by atoms with van der Waals surface area (Å²) in [5.74, 6) is 0.756. The molecule has 0 saturated carbocycles. The number of aromatic nitrogens is 1. The topological polar surface area (TPSA) is 65.5 Å². The molecular formula is C22H27ClN4O2. The van der Waals surface area contributed by atoms with E-state index in [0.29, 0.717) is 35.9 Å². The van der Waals surface area contributed by atoms with Crippen LogP contribution in [0.15, 0.2) is 42.6 Å². The minimum atomic E-state index is -0.457. The average Bonchev–Trinajstić information content (AvgIpc) is 2.94. The van der Waals surface area contributed by atoms with E-state index in [-0.39, 0.29) is 11.8 Å². The second-order valence-electron chi connectivity index (χ2n) is 8.22. The lowest BCUT2D eigenvalue weighted by Gasteiger charge is -2.23. The Morgan fingerprint density at radius 2 is 1.79 bits per heavy atom. The molecule has 29 heavy (non-hydrogen) atoms. The standard InChI is InChI=1S/C22H27ClN4O2/c1-22(2,3)21(29)25-16-9-10-19(24-15-16)26-11-6-12-27(14-13-26)20(28)17-7-4-5-8-18(17)23/h4-5,7-10,15H,6,11-14H2,1-3H3,(H,25,29). The number of carbonyl (C=O) groups excluding carboxylic acids is 2. The van der Waals surface area contributed by atoms with Gasteiger partial charge in [0, 0.05) is 31.6 Å². The summed E-state index contributed by atoms with van der Waals surface area (Å²) in [5, 5.41) is 3.36. The second kappa shape index (κ2) is 8.82. The molecule has 0 unspecified atom stereocenters. The van der Waals surface area contributed by atoms with Crippen LogP contribution in [-0.2, 0) is 4.79 Å². The van der Waals surface area contributed by atoms with Crippen LogP contribution in [-0.4, -0.2) is 47.9 Å². The Labute approximate surface area is 176 Å². The Hall–Kier alpha value is -2.60.